The summed E-state index contributed by atoms with van der Waals surface area (Å²) in [7, 11) is -2.07. The van der Waals surface area contributed by atoms with E-state index in [1.54, 1.807) is 16.9 Å². The number of amides is 4. The summed E-state index contributed by atoms with van der Waals surface area (Å²) in [5.41, 5.74) is 4.60. The van der Waals surface area contributed by atoms with Crippen LogP contribution in [0.4, 0.5) is 21.5 Å². The molecule has 4 amide bonds. The van der Waals surface area contributed by atoms with Crippen LogP contribution in [-0.2, 0) is 60.1 Å². The molecule has 3 atom stereocenters. The number of aryl methyl sites for hydroxylation is 2. The first-order valence-electron chi connectivity index (χ1n) is 24.9. The molecule has 3 aromatic carbocycles. The predicted octanol–water partition coefficient (Wildman–Crippen LogP) is 8.76. The number of halogens is 5. The molecule has 2 aliphatic heterocycles. The molecular weight excluding hydrogens is 1140 g/mol. The molecule has 1 aliphatic carbocycles. The van der Waals surface area contributed by atoms with Gasteiger partial charge in [-0.25, -0.2) is 14.1 Å². The molecule has 0 fully saturated rings. The summed E-state index contributed by atoms with van der Waals surface area (Å²) in [6, 6.07) is 15.5. The molecule has 78 heavy (non-hydrogen) atoms. The number of imide groups is 1. The number of esters is 1. The molecule has 3 aromatic rings. The number of nitrogens with one attached hydrogen (secondary N) is 1. The molecule has 25 heteroatoms. The minimum atomic E-state index is -4.35. The van der Waals surface area contributed by atoms with Crippen molar-refractivity contribution in [2.45, 2.75) is 103 Å². The summed E-state index contributed by atoms with van der Waals surface area (Å²) in [6.45, 7) is 10.4. The lowest BCUT2D eigenvalue weighted by Crippen LogP contribution is -2.47. The molecule has 3 aliphatic rings. The van der Waals surface area contributed by atoms with E-state index < -0.39 is 61.4 Å². The van der Waals surface area contributed by atoms with Gasteiger partial charge in [0.1, 0.15) is 37.4 Å². The Balaban J connectivity index is 0.000000369. The van der Waals surface area contributed by atoms with Crippen LogP contribution in [0.3, 0.4) is 0 Å². The van der Waals surface area contributed by atoms with Crippen LogP contribution in [0.1, 0.15) is 83.8 Å². The highest BCUT2D eigenvalue weighted by atomic mass is 35.5. The van der Waals surface area contributed by atoms with Crippen molar-refractivity contribution in [2.75, 3.05) is 85.7 Å². The number of ether oxygens (including phenoxy) is 4. The van der Waals surface area contributed by atoms with E-state index in [1.807, 2.05) is 69.4 Å². The van der Waals surface area contributed by atoms with Crippen molar-refractivity contribution in [3.05, 3.63) is 87.7 Å². The number of anilines is 3. The zero-order chi connectivity index (χ0) is 58.9. The number of hydrogen-bond donors (Lipinski definition) is 3. The van der Waals surface area contributed by atoms with Gasteiger partial charge in [-0.2, -0.15) is 0 Å². The average molecular weight is 1210 g/mol. The number of benzene rings is 3. The van der Waals surface area contributed by atoms with E-state index in [0.717, 1.165) is 72.0 Å². The van der Waals surface area contributed by atoms with Crippen LogP contribution < -0.4 is 34.4 Å². The summed E-state index contributed by atoms with van der Waals surface area (Å²) in [5.74, 6) is -3.32. The number of fused-ring (bicyclic) bond motifs is 1. The highest BCUT2D eigenvalue weighted by molar-refractivity contribution is 7.94. The minimum Gasteiger partial charge on any atom is -0.778 e. The number of methoxy groups -OCH3 is 1. The van der Waals surface area contributed by atoms with Gasteiger partial charge in [0.15, 0.2) is 11.4 Å². The summed E-state index contributed by atoms with van der Waals surface area (Å²) >= 11 is 23.0. The van der Waals surface area contributed by atoms with Gasteiger partial charge in [-0.3, -0.25) is 29.3 Å². The van der Waals surface area contributed by atoms with Gasteiger partial charge in [-0.1, -0.05) is 91.8 Å². The van der Waals surface area contributed by atoms with E-state index in [9.17, 15) is 42.6 Å². The number of carbonyl (C=O) groups is 6. The largest absolute Gasteiger partial charge is 0.778 e. The van der Waals surface area contributed by atoms with E-state index >= 15 is 0 Å². The van der Waals surface area contributed by atoms with Crippen LogP contribution in [0, 0.1) is 12.7 Å². The van der Waals surface area contributed by atoms with E-state index in [0.29, 0.717) is 60.5 Å². The number of nitrogens with zero attached hydrogens (tertiary/aromatic N) is 3. The zero-order valence-corrected chi connectivity index (χ0v) is 50.1. The molecule has 0 spiro atoms. The van der Waals surface area contributed by atoms with Gasteiger partial charge < -0.3 is 48.2 Å². The van der Waals surface area contributed by atoms with Crippen molar-refractivity contribution in [2.24, 2.45) is 0 Å². The second-order valence-electron chi connectivity index (χ2n) is 18.2. The van der Waals surface area contributed by atoms with Crippen LogP contribution in [0.25, 0.3) is 0 Å². The zero-order valence-electron chi connectivity index (χ0n) is 45.4. The number of carboxylic acids is 1. The third-order valence-electron chi connectivity index (χ3n) is 11.2. The van der Waals surface area contributed by atoms with Crippen LogP contribution in [0.5, 0.6) is 11.5 Å². The number of alkyl halides is 3. The maximum Gasteiger partial charge on any atom is 0.344 e. The second-order valence-corrected chi connectivity index (χ2v) is 24.0. The molecule has 6 rings (SSSR count). The molecular formula is C53H72Cl4FN4O14PS. The molecule has 2 heterocycles. The van der Waals surface area contributed by atoms with Gasteiger partial charge in [0.05, 0.1) is 79.0 Å². The number of hydrogen-bond acceptors (Lipinski definition) is 13. The van der Waals surface area contributed by atoms with E-state index in [2.05, 4.69) is 31.8 Å². The maximum atomic E-state index is 14.5. The summed E-state index contributed by atoms with van der Waals surface area (Å²) in [5, 5.41) is 9.91. The molecule has 0 bridgehead atoms. The lowest BCUT2D eigenvalue weighted by atomic mass is 9.93. The Morgan fingerprint density at radius 2 is 1.62 bits per heavy atom. The molecule has 434 valence electrons. The molecule has 3 N–H and O–H groups in total. The molecule has 18 nitrogen and oxygen atoms in total. The first-order valence-corrected chi connectivity index (χ1v) is 30.9. The van der Waals surface area contributed by atoms with E-state index in [1.165, 1.54) is 6.07 Å². The first-order chi connectivity index (χ1) is 36.8. The second kappa shape index (κ2) is 35.3. The van der Waals surface area contributed by atoms with Gasteiger partial charge in [-0.05, 0) is 99.5 Å². The average Bonchev–Trinajstić information content (AvgIpc) is 3.63. The SMILES string of the molecule is CC1COc2ccccc2N1C(=O)C(Cl)Cl.CCCCCOC(=O)COc1cc(N2C(=O)C3=C(CCCC3)C2=O)c(F)cc1Cl.CCc1cccc(C)c1N(C(=O)CCl)C(C)COC.C[S+](C)C.O=C(O)CNCP(=O)([O-])O. The Morgan fingerprint density at radius 3 is 2.15 bits per heavy atom. The van der Waals surface area contributed by atoms with Crippen LogP contribution in [0.15, 0.2) is 65.7 Å². The van der Waals surface area contributed by atoms with Crippen molar-refractivity contribution in [3.63, 3.8) is 0 Å². The number of aliphatic carboxylic acids is 1. The van der Waals surface area contributed by atoms with Crippen molar-refractivity contribution in [3.8, 4) is 11.5 Å². The smallest absolute Gasteiger partial charge is 0.344 e. The Labute approximate surface area is 479 Å². The topological polar surface area (TPSA) is 242 Å². The van der Waals surface area contributed by atoms with Crippen molar-refractivity contribution in [1.82, 2.24) is 5.32 Å². The molecule has 3 unspecified atom stereocenters. The van der Waals surface area contributed by atoms with Gasteiger partial charge in [0.2, 0.25) is 5.91 Å². The van der Waals surface area contributed by atoms with Gasteiger partial charge >= 0.3 is 11.9 Å². The van der Waals surface area contributed by atoms with E-state index in [4.69, 9.17) is 75.4 Å². The number of para-hydroxylation sites is 3. The Hall–Kier alpha value is -4.47. The highest BCUT2D eigenvalue weighted by Gasteiger charge is 2.41. The molecule has 0 saturated carbocycles. The van der Waals surface area contributed by atoms with E-state index in [-0.39, 0.29) is 46.2 Å². The number of unbranched alkanes of at least 4 members (excludes halogenated alkanes) is 2. The third kappa shape index (κ3) is 22.6. The fourth-order valence-corrected chi connectivity index (χ4v) is 8.78. The maximum absolute atomic E-state index is 14.5. The van der Waals surface area contributed by atoms with Crippen molar-refractivity contribution >= 4 is 118 Å². The number of rotatable bonds is 19. The fourth-order valence-electron chi connectivity index (χ4n) is 7.84. The van der Waals surface area contributed by atoms with Crippen molar-refractivity contribution in [1.29, 1.82) is 0 Å². The third-order valence-corrected chi connectivity index (χ3v) is 12.7. The van der Waals surface area contributed by atoms with Crippen LogP contribution in [-0.4, -0.2) is 134 Å². The summed E-state index contributed by atoms with van der Waals surface area (Å²) in [4.78, 5) is 92.1. The molecule has 0 saturated heterocycles. The quantitative estimate of drug-likeness (QED) is 0.0254. The van der Waals surface area contributed by atoms with Gasteiger partial charge in [0.25, 0.3) is 17.7 Å². The minimum absolute atomic E-state index is 0.000883. The standard InChI is InChI=1S/C21H23ClFNO5.C15H22ClNO2.C11H11Cl2NO2.C3H8NO5P.C3H9S/c1-2-3-6-9-28-19(25)12-29-18-11-17(16(23)10-15(18)22)24-20(26)13-7-4-5-8-14(13)21(24)27;1-5-13-8-6-7-11(2)15(13)17(14(18)9-16)12(3)10-19-4;1-7-6-16-9-5-3-2-4-8(9)14(7)11(15)10(12)13;5-3(6)1-4-2-10(7,8)9;1-4(2)3/h10-11H,2-9,12H2,1H3;6-8,12H,5,9-10H2,1-4H3;2-5,7,10H,6H2,1H3;4H,1-2H2,(H,5,6)(H2,7,8,9);1-3H3/q;;;;+1/p-1. The van der Waals surface area contributed by atoms with Gasteiger partial charge in [0, 0.05) is 24.3 Å². The molecule has 0 radical (unpaired) electrons. The Kier molecular flexibility index (Phi) is 31.5. The Bertz CT molecular complexity index is 2540. The molecule has 0 aromatic heterocycles. The highest BCUT2D eigenvalue weighted by Crippen LogP contribution is 2.40. The summed E-state index contributed by atoms with van der Waals surface area (Å²) in [6.07, 6.45) is 12.2. The fraction of sp³-hybridized carbons (Fsp3) is 0.509. The monoisotopic (exact) mass is 1210 g/mol. The van der Waals surface area contributed by atoms with Crippen LogP contribution >= 0.6 is 54.0 Å². The lowest BCUT2D eigenvalue weighted by molar-refractivity contribution is -0.193. The van der Waals surface area contributed by atoms with Gasteiger partial charge in [-0.15, -0.1) is 11.6 Å². The normalized spacial score (nSPS) is 15.5. The Morgan fingerprint density at radius 1 is 1.00 bits per heavy atom. The summed E-state index contributed by atoms with van der Waals surface area (Å²) < 4.78 is 45.6. The lowest BCUT2D eigenvalue weighted by Gasteiger charge is -2.35. The number of carboxylic acid groups (broad SMARTS) is 1. The predicted molar refractivity (Wildman–Crippen MR) is 305 cm³/mol. The number of carbonyl (C=O) groups excluding carboxylic acids is 5. The van der Waals surface area contributed by atoms with Crippen molar-refractivity contribution < 1.29 is 71.6 Å². The first kappa shape index (κ1) is 69.6. The van der Waals surface area contributed by atoms with Crippen LogP contribution in [0.2, 0.25) is 5.02 Å².